The number of carbonyl (C=O) groups excluding carboxylic acids is 1. The Morgan fingerprint density at radius 2 is 2.14 bits per heavy atom. The van der Waals surface area contributed by atoms with Crippen molar-refractivity contribution in [1.29, 1.82) is 0 Å². The Morgan fingerprint density at radius 1 is 1.41 bits per heavy atom. The van der Waals surface area contributed by atoms with Gasteiger partial charge in [-0.25, -0.2) is 4.98 Å². The third-order valence-electron chi connectivity index (χ3n) is 2.88. The van der Waals surface area contributed by atoms with Crippen molar-refractivity contribution in [2.75, 3.05) is 25.6 Å². The van der Waals surface area contributed by atoms with Gasteiger partial charge in [-0.3, -0.25) is 4.79 Å². The van der Waals surface area contributed by atoms with Crippen LogP contribution in [0.4, 0.5) is 5.13 Å². The minimum atomic E-state index is -0.706. The van der Waals surface area contributed by atoms with Crippen LogP contribution in [0.1, 0.15) is 6.92 Å². The van der Waals surface area contributed by atoms with Crippen LogP contribution in [0.5, 0.6) is 5.75 Å². The summed E-state index contributed by atoms with van der Waals surface area (Å²) in [5.74, 6) is 0.509. The van der Waals surface area contributed by atoms with Crippen LogP contribution in [0.15, 0.2) is 29.6 Å². The van der Waals surface area contributed by atoms with E-state index >= 15 is 0 Å². The van der Waals surface area contributed by atoms with Crippen LogP contribution in [0, 0.1) is 0 Å². The molecule has 0 aliphatic carbocycles. The predicted octanol–water partition coefficient (Wildman–Crippen LogP) is 2.12. The van der Waals surface area contributed by atoms with Gasteiger partial charge in [0.05, 0.1) is 18.9 Å². The number of benzene rings is 1. The molecule has 1 atom stereocenters. The number of hydrogen-bond donors (Lipinski definition) is 2. The summed E-state index contributed by atoms with van der Waals surface area (Å²) in [7, 11) is 1.50. The molecule has 0 aliphatic heterocycles. The molecule has 1 aromatic heterocycles. The van der Waals surface area contributed by atoms with Gasteiger partial charge in [0.1, 0.15) is 11.8 Å². The largest absolute Gasteiger partial charge is 0.494 e. The molecule has 2 rings (SSSR count). The fourth-order valence-electron chi connectivity index (χ4n) is 1.81. The maximum atomic E-state index is 11.8. The van der Waals surface area contributed by atoms with Gasteiger partial charge in [-0.1, -0.05) is 0 Å². The molecule has 0 saturated carbocycles. The van der Waals surface area contributed by atoms with Crippen LogP contribution in [-0.2, 0) is 9.53 Å². The van der Waals surface area contributed by atoms with Crippen LogP contribution in [-0.4, -0.2) is 37.3 Å². The van der Waals surface area contributed by atoms with Crippen molar-refractivity contribution >= 4 is 22.4 Å². The third-order valence-corrected chi connectivity index (χ3v) is 3.64. The maximum absolute atomic E-state index is 11.8. The number of methoxy groups -OCH3 is 1. The summed E-state index contributed by atoms with van der Waals surface area (Å²) < 4.78 is 10.3. The standard InChI is InChI=1S/C15H19N3O3S/c1-3-21-11-6-4-10(5-7-11)13-9-22-15(17-13)18-14(19)12(16)8-20-2/h4-7,9,12H,3,8,16H2,1-2H3,(H,17,18,19). The van der Waals surface area contributed by atoms with Gasteiger partial charge >= 0.3 is 0 Å². The van der Waals surface area contributed by atoms with Gasteiger partial charge in [0.2, 0.25) is 5.91 Å². The van der Waals surface area contributed by atoms with Crippen molar-refractivity contribution < 1.29 is 14.3 Å². The SMILES string of the molecule is CCOc1ccc(-c2csc(NC(=O)C(N)COC)n2)cc1. The molecule has 0 aliphatic rings. The monoisotopic (exact) mass is 321 g/mol. The fraction of sp³-hybridized carbons (Fsp3) is 0.333. The number of carbonyl (C=O) groups is 1. The quantitative estimate of drug-likeness (QED) is 0.816. The maximum Gasteiger partial charge on any atom is 0.245 e. The van der Waals surface area contributed by atoms with Crippen LogP contribution in [0.25, 0.3) is 11.3 Å². The Labute approximate surface area is 133 Å². The molecule has 0 saturated heterocycles. The molecule has 1 aromatic carbocycles. The molecule has 0 radical (unpaired) electrons. The zero-order valence-electron chi connectivity index (χ0n) is 12.5. The zero-order valence-corrected chi connectivity index (χ0v) is 13.4. The highest BCUT2D eigenvalue weighted by atomic mass is 32.1. The minimum Gasteiger partial charge on any atom is -0.494 e. The van der Waals surface area contributed by atoms with Gasteiger partial charge in [-0.15, -0.1) is 11.3 Å². The van der Waals surface area contributed by atoms with E-state index in [1.165, 1.54) is 18.4 Å². The van der Waals surface area contributed by atoms with Crippen molar-refractivity contribution in [2.45, 2.75) is 13.0 Å². The lowest BCUT2D eigenvalue weighted by molar-refractivity contribution is -0.118. The molecule has 22 heavy (non-hydrogen) atoms. The second kappa shape index (κ2) is 7.88. The molecule has 0 fully saturated rings. The van der Waals surface area contributed by atoms with Gasteiger partial charge in [0.15, 0.2) is 5.13 Å². The first-order chi connectivity index (χ1) is 10.6. The third kappa shape index (κ3) is 4.27. The van der Waals surface area contributed by atoms with Gasteiger partial charge in [0.25, 0.3) is 0 Å². The number of ether oxygens (including phenoxy) is 2. The smallest absolute Gasteiger partial charge is 0.245 e. The summed E-state index contributed by atoms with van der Waals surface area (Å²) in [4.78, 5) is 16.2. The summed E-state index contributed by atoms with van der Waals surface area (Å²) in [5.41, 5.74) is 7.42. The molecular formula is C15H19N3O3S. The predicted molar refractivity (Wildman–Crippen MR) is 87.2 cm³/mol. The summed E-state index contributed by atoms with van der Waals surface area (Å²) in [6.07, 6.45) is 0. The molecule has 7 heteroatoms. The number of nitrogens with two attached hydrogens (primary N) is 1. The van der Waals surface area contributed by atoms with Crippen LogP contribution < -0.4 is 15.8 Å². The highest BCUT2D eigenvalue weighted by Gasteiger charge is 2.15. The van der Waals surface area contributed by atoms with Crippen LogP contribution in [0.3, 0.4) is 0 Å². The summed E-state index contributed by atoms with van der Waals surface area (Å²) >= 11 is 1.35. The Kier molecular flexibility index (Phi) is 5.88. The number of nitrogens with zero attached hydrogens (tertiary/aromatic N) is 1. The van der Waals surface area contributed by atoms with Crippen LogP contribution >= 0.6 is 11.3 Å². The van der Waals surface area contributed by atoms with E-state index in [-0.39, 0.29) is 12.5 Å². The molecule has 1 heterocycles. The van der Waals surface area contributed by atoms with Crippen LogP contribution in [0.2, 0.25) is 0 Å². The van der Waals surface area contributed by atoms with Gasteiger partial charge in [0, 0.05) is 18.1 Å². The molecule has 6 nitrogen and oxygen atoms in total. The topological polar surface area (TPSA) is 86.5 Å². The van der Waals surface area contributed by atoms with Crippen molar-refractivity contribution in [3.05, 3.63) is 29.6 Å². The number of thiazole rings is 1. The molecule has 1 unspecified atom stereocenters. The summed E-state index contributed by atoms with van der Waals surface area (Å²) in [5, 5.41) is 5.08. The van der Waals surface area contributed by atoms with Crippen molar-refractivity contribution in [2.24, 2.45) is 5.73 Å². The second-order valence-corrected chi connectivity index (χ2v) is 5.40. The minimum absolute atomic E-state index is 0.170. The molecule has 1 amide bonds. The first kappa shape index (κ1) is 16.4. The molecule has 3 N–H and O–H groups in total. The van der Waals surface area contributed by atoms with Gasteiger partial charge < -0.3 is 20.5 Å². The summed E-state index contributed by atoms with van der Waals surface area (Å²) in [6.45, 7) is 2.74. The Bertz CT molecular complexity index is 613. The van der Waals surface area contributed by atoms with Gasteiger partial charge in [-0.05, 0) is 31.2 Å². The van der Waals surface area contributed by atoms with E-state index in [1.807, 2.05) is 36.6 Å². The highest BCUT2D eigenvalue weighted by molar-refractivity contribution is 7.14. The molecule has 0 spiro atoms. The van der Waals surface area contributed by atoms with E-state index in [0.717, 1.165) is 17.0 Å². The number of nitrogens with one attached hydrogen (secondary N) is 1. The Hall–Kier alpha value is -1.96. The van der Waals surface area contributed by atoms with Gasteiger partial charge in [-0.2, -0.15) is 0 Å². The summed E-state index contributed by atoms with van der Waals surface area (Å²) in [6, 6.07) is 6.95. The Balaban J connectivity index is 2.03. The normalized spacial score (nSPS) is 12.0. The first-order valence-electron chi connectivity index (χ1n) is 6.88. The zero-order chi connectivity index (χ0) is 15.9. The lowest BCUT2D eigenvalue weighted by atomic mass is 10.2. The van der Waals surface area contributed by atoms with Crippen molar-refractivity contribution in [1.82, 2.24) is 4.98 Å². The number of anilines is 1. The number of rotatable bonds is 7. The molecule has 118 valence electrons. The molecule has 2 aromatic rings. The van der Waals surface area contributed by atoms with E-state index in [1.54, 1.807) is 0 Å². The number of hydrogen-bond acceptors (Lipinski definition) is 6. The Morgan fingerprint density at radius 3 is 2.77 bits per heavy atom. The van der Waals surface area contributed by atoms with Crippen molar-refractivity contribution in [3.8, 4) is 17.0 Å². The average Bonchev–Trinajstić information content (AvgIpc) is 2.97. The molecule has 0 bridgehead atoms. The van der Waals surface area contributed by atoms with E-state index in [2.05, 4.69) is 10.3 Å². The van der Waals surface area contributed by atoms with E-state index < -0.39 is 6.04 Å². The highest BCUT2D eigenvalue weighted by Crippen LogP contribution is 2.26. The van der Waals surface area contributed by atoms with E-state index in [9.17, 15) is 4.79 Å². The average molecular weight is 321 g/mol. The van der Waals surface area contributed by atoms with E-state index in [4.69, 9.17) is 15.2 Å². The second-order valence-electron chi connectivity index (χ2n) is 4.55. The molecular weight excluding hydrogens is 302 g/mol. The lowest BCUT2D eigenvalue weighted by Gasteiger charge is -2.08. The first-order valence-corrected chi connectivity index (χ1v) is 7.76. The lowest BCUT2D eigenvalue weighted by Crippen LogP contribution is -2.39. The fourth-order valence-corrected chi connectivity index (χ4v) is 2.53. The van der Waals surface area contributed by atoms with Crippen molar-refractivity contribution in [3.63, 3.8) is 0 Å². The number of amides is 1. The number of aromatic nitrogens is 1. The van der Waals surface area contributed by atoms with E-state index in [0.29, 0.717) is 11.7 Å².